The van der Waals surface area contributed by atoms with Crippen LogP contribution in [0.2, 0.25) is 5.02 Å². The van der Waals surface area contributed by atoms with Crippen molar-refractivity contribution in [1.82, 2.24) is 9.99 Å². The lowest BCUT2D eigenvalue weighted by atomic mass is 10.2. The highest BCUT2D eigenvalue weighted by molar-refractivity contribution is 7.13. The largest absolute Gasteiger partial charge is 0.455 e. The van der Waals surface area contributed by atoms with Crippen LogP contribution >= 0.6 is 22.9 Å². The zero-order valence-electron chi connectivity index (χ0n) is 12.9. The lowest BCUT2D eigenvalue weighted by Crippen LogP contribution is -2.32. The lowest BCUT2D eigenvalue weighted by molar-refractivity contribution is -0.137. The van der Waals surface area contributed by atoms with Gasteiger partial charge in [-0.05, 0) is 6.07 Å². The minimum atomic E-state index is -0.526. The summed E-state index contributed by atoms with van der Waals surface area (Å²) in [5.74, 6) is -0.642. The van der Waals surface area contributed by atoms with E-state index >= 15 is 0 Å². The van der Waals surface area contributed by atoms with Gasteiger partial charge >= 0.3 is 5.97 Å². The molecule has 3 rings (SSSR count). The third-order valence-electron chi connectivity index (χ3n) is 3.45. The van der Waals surface area contributed by atoms with Gasteiger partial charge in [0.2, 0.25) is 5.91 Å². The van der Waals surface area contributed by atoms with Gasteiger partial charge in [-0.1, -0.05) is 29.8 Å². The maximum Gasteiger partial charge on any atom is 0.354 e. The second-order valence-corrected chi connectivity index (χ2v) is 6.43. The molecular weight excluding hydrogens is 350 g/mol. The Hall–Kier alpha value is -2.25. The van der Waals surface area contributed by atoms with E-state index in [-0.39, 0.29) is 24.6 Å². The minimum absolute atomic E-state index is 0.0521. The Morgan fingerprint density at radius 3 is 2.92 bits per heavy atom. The number of esters is 1. The number of ether oxygens (including phenoxy) is 1. The molecule has 0 radical (unpaired) electrons. The van der Waals surface area contributed by atoms with Crippen LogP contribution in [0.5, 0.6) is 0 Å². The van der Waals surface area contributed by atoms with E-state index in [2.05, 4.69) is 10.1 Å². The van der Waals surface area contributed by atoms with Gasteiger partial charge in [0, 0.05) is 30.8 Å². The number of aromatic nitrogens is 1. The Morgan fingerprint density at radius 1 is 1.38 bits per heavy atom. The summed E-state index contributed by atoms with van der Waals surface area (Å²) >= 11 is 7.59. The Labute approximate surface area is 147 Å². The summed E-state index contributed by atoms with van der Waals surface area (Å²) in [4.78, 5) is 27.8. The summed E-state index contributed by atoms with van der Waals surface area (Å²) in [5, 5.41) is 8.31. The fourth-order valence-corrected chi connectivity index (χ4v) is 3.30. The average molecular weight is 364 g/mol. The number of benzene rings is 1. The number of halogens is 1. The van der Waals surface area contributed by atoms with Gasteiger partial charge in [-0.25, -0.2) is 14.8 Å². The van der Waals surface area contributed by atoms with E-state index in [9.17, 15) is 9.59 Å². The zero-order chi connectivity index (χ0) is 17.1. The number of hydrogen-bond donors (Lipinski definition) is 0. The van der Waals surface area contributed by atoms with Crippen LogP contribution in [0.1, 0.15) is 18.5 Å². The summed E-state index contributed by atoms with van der Waals surface area (Å²) < 4.78 is 5.23. The molecule has 0 spiro atoms. The predicted octanol–water partition coefficient (Wildman–Crippen LogP) is 3.11. The van der Waals surface area contributed by atoms with Crippen LogP contribution in [0.3, 0.4) is 0 Å². The number of rotatable bonds is 4. The van der Waals surface area contributed by atoms with Crippen molar-refractivity contribution >= 4 is 40.5 Å². The number of nitrogens with zero attached hydrogens (tertiary/aromatic N) is 3. The number of amides is 1. The van der Waals surface area contributed by atoms with Gasteiger partial charge in [-0.2, -0.15) is 5.10 Å². The van der Waals surface area contributed by atoms with E-state index in [4.69, 9.17) is 16.3 Å². The van der Waals surface area contributed by atoms with E-state index in [1.54, 1.807) is 6.07 Å². The smallest absolute Gasteiger partial charge is 0.354 e. The van der Waals surface area contributed by atoms with Crippen molar-refractivity contribution in [3.05, 3.63) is 40.4 Å². The summed E-state index contributed by atoms with van der Waals surface area (Å²) in [6, 6.07) is 7.44. The molecule has 124 valence electrons. The molecule has 1 aliphatic heterocycles. The maximum atomic E-state index is 12.0. The highest BCUT2D eigenvalue weighted by atomic mass is 35.5. The van der Waals surface area contributed by atoms with Crippen molar-refractivity contribution in [3.8, 4) is 10.6 Å². The van der Waals surface area contributed by atoms with Gasteiger partial charge in [-0.3, -0.25) is 4.79 Å². The van der Waals surface area contributed by atoms with Crippen molar-refractivity contribution in [2.24, 2.45) is 5.10 Å². The molecule has 8 heteroatoms. The summed E-state index contributed by atoms with van der Waals surface area (Å²) in [7, 11) is 1.52. The molecule has 0 aliphatic carbocycles. The Bertz CT molecular complexity index is 818. The summed E-state index contributed by atoms with van der Waals surface area (Å²) in [5.41, 5.74) is 1.74. The third-order valence-corrected chi connectivity index (χ3v) is 4.70. The van der Waals surface area contributed by atoms with E-state index < -0.39 is 5.97 Å². The number of hydrogen-bond acceptors (Lipinski definition) is 6. The highest BCUT2D eigenvalue weighted by Gasteiger charge is 2.23. The van der Waals surface area contributed by atoms with Crippen molar-refractivity contribution in [2.45, 2.75) is 19.4 Å². The first-order chi connectivity index (χ1) is 11.5. The molecule has 0 fully saturated rings. The second kappa shape index (κ2) is 7.11. The third kappa shape index (κ3) is 3.63. The van der Waals surface area contributed by atoms with Crippen molar-refractivity contribution in [3.63, 3.8) is 0 Å². The van der Waals surface area contributed by atoms with Crippen LogP contribution in [0.15, 0.2) is 34.7 Å². The van der Waals surface area contributed by atoms with Crippen LogP contribution in [0, 0.1) is 0 Å². The second-order valence-electron chi connectivity index (χ2n) is 5.16. The van der Waals surface area contributed by atoms with E-state index in [0.717, 1.165) is 10.6 Å². The summed E-state index contributed by atoms with van der Waals surface area (Å²) in [6.07, 6.45) is 0.557. The van der Waals surface area contributed by atoms with Gasteiger partial charge in [0.15, 0.2) is 0 Å². The first-order valence-corrected chi connectivity index (χ1v) is 8.51. The highest BCUT2D eigenvalue weighted by Crippen LogP contribution is 2.30. The van der Waals surface area contributed by atoms with Crippen molar-refractivity contribution in [1.29, 1.82) is 0 Å². The molecular formula is C16H14ClN3O3S. The topological polar surface area (TPSA) is 71.9 Å². The van der Waals surface area contributed by atoms with Crippen LogP contribution in [0.4, 0.5) is 0 Å². The quantitative estimate of drug-likeness (QED) is 0.782. The Kier molecular flexibility index (Phi) is 4.92. The predicted molar refractivity (Wildman–Crippen MR) is 91.8 cm³/mol. The van der Waals surface area contributed by atoms with Gasteiger partial charge < -0.3 is 4.74 Å². The van der Waals surface area contributed by atoms with Crippen molar-refractivity contribution < 1.29 is 14.3 Å². The van der Waals surface area contributed by atoms with E-state index in [0.29, 0.717) is 17.1 Å². The first kappa shape index (κ1) is 16.6. The average Bonchev–Trinajstić information content (AvgIpc) is 3.04. The number of hydrazone groups is 1. The Morgan fingerprint density at radius 2 is 2.17 bits per heavy atom. The molecule has 2 heterocycles. The number of thiazole rings is 1. The molecule has 0 saturated carbocycles. The van der Waals surface area contributed by atoms with Crippen molar-refractivity contribution in [2.75, 3.05) is 7.05 Å². The molecule has 0 unspecified atom stereocenters. The van der Waals surface area contributed by atoms with Crippen LogP contribution in [-0.2, 0) is 20.9 Å². The van der Waals surface area contributed by atoms with Gasteiger partial charge in [-0.15, -0.1) is 11.3 Å². The molecule has 1 aromatic heterocycles. The monoisotopic (exact) mass is 363 g/mol. The molecule has 1 aromatic carbocycles. The fourth-order valence-electron chi connectivity index (χ4n) is 2.17. The molecule has 6 nitrogen and oxygen atoms in total. The lowest BCUT2D eigenvalue weighted by Gasteiger charge is -2.18. The Balaban J connectivity index is 1.64. The standard InChI is InChI=1S/C16H14ClN3O3S/c1-20-14(21)7-6-13(19-20)16(22)23-8-10-9-24-15(18-10)11-4-2-3-5-12(11)17/h2-5,9H,6-8H2,1H3. The van der Waals surface area contributed by atoms with E-state index in [1.807, 2.05) is 23.6 Å². The molecule has 24 heavy (non-hydrogen) atoms. The molecule has 2 aromatic rings. The fraction of sp³-hybridized carbons (Fsp3) is 0.250. The SMILES string of the molecule is CN1N=C(C(=O)OCc2csc(-c3ccccc3Cl)n2)CCC1=O. The van der Waals surface area contributed by atoms with Gasteiger partial charge in [0.05, 0.1) is 10.7 Å². The molecule has 0 atom stereocenters. The maximum absolute atomic E-state index is 12.0. The molecule has 0 N–H and O–H groups in total. The molecule has 0 saturated heterocycles. The number of carbonyl (C=O) groups excluding carboxylic acids is 2. The molecule has 1 amide bonds. The van der Waals surface area contributed by atoms with Crippen LogP contribution < -0.4 is 0 Å². The van der Waals surface area contributed by atoms with Gasteiger partial charge in [0.25, 0.3) is 0 Å². The van der Waals surface area contributed by atoms with E-state index in [1.165, 1.54) is 23.4 Å². The molecule has 0 bridgehead atoms. The molecule has 1 aliphatic rings. The zero-order valence-corrected chi connectivity index (χ0v) is 14.4. The van der Waals surface area contributed by atoms with Crippen LogP contribution in [0.25, 0.3) is 10.6 Å². The normalized spacial score (nSPS) is 14.5. The summed E-state index contributed by atoms with van der Waals surface area (Å²) in [6.45, 7) is 0.0521. The van der Waals surface area contributed by atoms with Gasteiger partial charge in [0.1, 0.15) is 17.3 Å². The van der Waals surface area contributed by atoms with Crippen LogP contribution in [-0.4, -0.2) is 34.6 Å². The first-order valence-electron chi connectivity index (χ1n) is 7.25. The minimum Gasteiger partial charge on any atom is -0.455 e. The number of carbonyl (C=O) groups is 2.